The first kappa shape index (κ1) is 14.9. The molecule has 3 rings (SSSR count). The van der Waals surface area contributed by atoms with E-state index < -0.39 is 0 Å². The molecule has 1 saturated heterocycles. The number of rotatable bonds is 5. The van der Waals surface area contributed by atoms with Crippen LogP contribution in [0.2, 0.25) is 0 Å². The van der Waals surface area contributed by atoms with Gasteiger partial charge in [0, 0.05) is 19.0 Å². The van der Waals surface area contributed by atoms with Crippen LogP contribution < -0.4 is 10.1 Å². The summed E-state index contributed by atoms with van der Waals surface area (Å²) < 4.78 is 5.79. The first-order valence-electron chi connectivity index (χ1n) is 8.51. The monoisotopic (exact) mass is 288 g/mol. The molecule has 0 radical (unpaired) electrons. The lowest BCUT2D eigenvalue weighted by atomic mass is 9.91. The highest BCUT2D eigenvalue weighted by molar-refractivity contribution is 5.37. The quantitative estimate of drug-likeness (QED) is 0.901. The molecule has 2 aliphatic rings. The fourth-order valence-electron chi connectivity index (χ4n) is 3.68. The van der Waals surface area contributed by atoms with Crippen LogP contribution in [0.25, 0.3) is 0 Å². The van der Waals surface area contributed by atoms with Gasteiger partial charge in [-0.3, -0.25) is 0 Å². The molecule has 1 aromatic carbocycles. The Balaban J connectivity index is 1.61. The van der Waals surface area contributed by atoms with Crippen LogP contribution in [0.1, 0.15) is 37.7 Å². The molecular weight excluding hydrogens is 260 g/mol. The van der Waals surface area contributed by atoms with Gasteiger partial charge in [-0.15, -0.1) is 0 Å². The summed E-state index contributed by atoms with van der Waals surface area (Å²) in [6.45, 7) is 9.16. The SMILES string of the molecule is CCN(CC1CCNCC1)CC1CCOc2ccccc21. The van der Waals surface area contributed by atoms with Gasteiger partial charge >= 0.3 is 0 Å². The molecule has 1 fully saturated rings. The van der Waals surface area contributed by atoms with E-state index in [9.17, 15) is 0 Å². The van der Waals surface area contributed by atoms with Crippen molar-refractivity contribution >= 4 is 0 Å². The Hall–Kier alpha value is -1.06. The van der Waals surface area contributed by atoms with Crippen LogP contribution in [-0.2, 0) is 0 Å². The summed E-state index contributed by atoms with van der Waals surface area (Å²) in [6, 6.07) is 8.58. The van der Waals surface area contributed by atoms with E-state index in [1.165, 1.54) is 44.6 Å². The number of hydrogen-bond acceptors (Lipinski definition) is 3. The number of para-hydroxylation sites is 1. The molecule has 0 amide bonds. The Bertz CT molecular complexity index is 443. The molecule has 0 aromatic heterocycles. The molecule has 0 aliphatic carbocycles. The second-order valence-corrected chi connectivity index (χ2v) is 6.42. The van der Waals surface area contributed by atoms with E-state index in [1.807, 2.05) is 0 Å². The van der Waals surface area contributed by atoms with E-state index in [2.05, 4.69) is 41.4 Å². The fraction of sp³-hybridized carbons (Fsp3) is 0.667. The fourth-order valence-corrected chi connectivity index (χ4v) is 3.68. The highest BCUT2D eigenvalue weighted by Gasteiger charge is 2.24. The van der Waals surface area contributed by atoms with Gasteiger partial charge in [0.15, 0.2) is 0 Å². The predicted octanol–water partition coefficient (Wildman–Crippen LogP) is 2.87. The summed E-state index contributed by atoms with van der Waals surface area (Å²) in [6.07, 6.45) is 3.82. The van der Waals surface area contributed by atoms with E-state index in [1.54, 1.807) is 0 Å². The second-order valence-electron chi connectivity index (χ2n) is 6.42. The zero-order valence-corrected chi connectivity index (χ0v) is 13.2. The Morgan fingerprint density at radius 2 is 1.95 bits per heavy atom. The lowest BCUT2D eigenvalue weighted by Gasteiger charge is -2.34. The van der Waals surface area contributed by atoms with Crippen molar-refractivity contribution in [3.63, 3.8) is 0 Å². The van der Waals surface area contributed by atoms with Gasteiger partial charge < -0.3 is 15.0 Å². The van der Waals surface area contributed by atoms with Crippen LogP contribution in [0, 0.1) is 5.92 Å². The lowest BCUT2D eigenvalue weighted by molar-refractivity contribution is 0.182. The summed E-state index contributed by atoms with van der Waals surface area (Å²) in [5.41, 5.74) is 1.41. The van der Waals surface area contributed by atoms with E-state index in [-0.39, 0.29) is 0 Å². The molecule has 116 valence electrons. The van der Waals surface area contributed by atoms with Crippen molar-refractivity contribution in [2.45, 2.75) is 32.1 Å². The Morgan fingerprint density at radius 3 is 2.76 bits per heavy atom. The number of hydrogen-bond donors (Lipinski definition) is 1. The average molecular weight is 288 g/mol. The molecule has 0 saturated carbocycles. The number of fused-ring (bicyclic) bond motifs is 1. The Morgan fingerprint density at radius 1 is 1.14 bits per heavy atom. The minimum absolute atomic E-state index is 0.636. The molecular formula is C18H28N2O. The molecule has 2 heterocycles. The van der Waals surface area contributed by atoms with Crippen LogP contribution in [0.4, 0.5) is 0 Å². The third kappa shape index (κ3) is 3.78. The van der Waals surface area contributed by atoms with E-state index in [0.717, 1.165) is 31.2 Å². The maximum Gasteiger partial charge on any atom is 0.122 e. The van der Waals surface area contributed by atoms with Gasteiger partial charge in [-0.25, -0.2) is 0 Å². The summed E-state index contributed by atoms with van der Waals surface area (Å²) in [4.78, 5) is 2.66. The lowest BCUT2D eigenvalue weighted by Crippen LogP contribution is -2.38. The molecule has 1 atom stereocenters. The van der Waals surface area contributed by atoms with Crippen molar-refractivity contribution in [3.05, 3.63) is 29.8 Å². The van der Waals surface area contributed by atoms with Crippen molar-refractivity contribution in [2.75, 3.05) is 39.3 Å². The van der Waals surface area contributed by atoms with Crippen LogP contribution in [0.3, 0.4) is 0 Å². The average Bonchev–Trinajstić information content (AvgIpc) is 2.55. The zero-order chi connectivity index (χ0) is 14.5. The molecule has 3 nitrogen and oxygen atoms in total. The highest BCUT2D eigenvalue weighted by atomic mass is 16.5. The smallest absolute Gasteiger partial charge is 0.122 e. The minimum Gasteiger partial charge on any atom is -0.493 e. The highest BCUT2D eigenvalue weighted by Crippen LogP contribution is 2.34. The normalized spacial score (nSPS) is 22.9. The number of likely N-dealkylation sites (N-methyl/N-ethyl adjacent to an activating group) is 1. The largest absolute Gasteiger partial charge is 0.493 e. The summed E-state index contributed by atoms with van der Waals surface area (Å²) in [5.74, 6) is 2.62. The van der Waals surface area contributed by atoms with Crippen LogP contribution >= 0.6 is 0 Å². The second kappa shape index (κ2) is 7.28. The number of nitrogens with one attached hydrogen (secondary N) is 1. The van der Waals surface area contributed by atoms with E-state index in [4.69, 9.17) is 4.74 Å². The van der Waals surface area contributed by atoms with Gasteiger partial charge in [0.2, 0.25) is 0 Å². The molecule has 2 aliphatic heterocycles. The summed E-state index contributed by atoms with van der Waals surface area (Å²) in [5, 5.41) is 3.47. The van der Waals surface area contributed by atoms with Gasteiger partial charge in [0.1, 0.15) is 5.75 Å². The van der Waals surface area contributed by atoms with Crippen LogP contribution in [0.5, 0.6) is 5.75 Å². The Kier molecular flexibility index (Phi) is 5.15. The van der Waals surface area contributed by atoms with Crippen molar-refractivity contribution in [3.8, 4) is 5.75 Å². The van der Waals surface area contributed by atoms with Crippen molar-refractivity contribution < 1.29 is 4.74 Å². The predicted molar refractivity (Wildman–Crippen MR) is 87.0 cm³/mol. The van der Waals surface area contributed by atoms with Crippen molar-refractivity contribution in [2.24, 2.45) is 5.92 Å². The molecule has 1 aromatic rings. The van der Waals surface area contributed by atoms with Crippen molar-refractivity contribution in [1.29, 1.82) is 0 Å². The first-order chi connectivity index (χ1) is 10.4. The van der Waals surface area contributed by atoms with Crippen molar-refractivity contribution in [1.82, 2.24) is 10.2 Å². The zero-order valence-electron chi connectivity index (χ0n) is 13.2. The minimum atomic E-state index is 0.636. The van der Waals surface area contributed by atoms with Gasteiger partial charge in [-0.1, -0.05) is 25.1 Å². The third-order valence-electron chi connectivity index (χ3n) is 4.98. The topological polar surface area (TPSA) is 24.5 Å². The van der Waals surface area contributed by atoms with Crippen LogP contribution in [-0.4, -0.2) is 44.2 Å². The number of nitrogens with zero attached hydrogens (tertiary/aromatic N) is 1. The maximum absolute atomic E-state index is 5.79. The summed E-state index contributed by atoms with van der Waals surface area (Å²) in [7, 11) is 0. The molecule has 0 bridgehead atoms. The number of benzene rings is 1. The Labute approximate surface area is 128 Å². The molecule has 1 N–H and O–H groups in total. The molecule has 0 spiro atoms. The van der Waals surface area contributed by atoms with Gasteiger partial charge in [-0.05, 0) is 56.4 Å². The summed E-state index contributed by atoms with van der Waals surface area (Å²) >= 11 is 0. The van der Waals surface area contributed by atoms with E-state index in [0.29, 0.717) is 5.92 Å². The van der Waals surface area contributed by atoms with Gasteiger partial charge in [0.05, 0.1) is 6.61 Å². The first-order valence-corrected chi connectivity index (χ1v) is 8.51. The molecule has 1 unspecified atom stereocenters. The molecule has 21 heavy (non-hydrogen) atoms. The van der Waals surface area contributed by atoms with Crippen LogP contribution in [0.15, 0.2) is 24.3 Å². The number of piperidine rings is 1. The molecule has 3 heteroatoms. The maximum atomic E-state index is 5.79. The van der Waals surface area contributed by atoms with Gasteiger partial charge in [0.25, 0.3) is 0 Å². The standard InChI is InChI=1S/C18H28N2O/c1-2-20(13-15-7-10-19-11-8-15)14-16-9-12-21-18-6-4-3-5-17(16)18/h3-6,15-16,19H,2,7-14H2,1H3. The number of ether oxygens (including phenoxy) is 1. The van der Waals surface area contributed by atoms with E-state index >= 15 is 0 Å². The van der Waals surface area contributed by atoms with Gasteiger partial charge in [-0.2, -0.15) is 0 Å². The third-order valence-corrected chi connectivity index (χ3v) is 4.98.